The van der Waals surface area contributed by atoms with E-state index in [9.17, 15) is 14.7 Å². The average molecular weight is 502 g/mol. The van der Waals surface area contributed by atoms with Crippen LogP contribution < -0.4 is 10.1 Å². The maximum atomic E-state index is 13.1. The quantitative estimate of drug-likeness (QED) is 0.308. The maximum absolute atomic E-state index is 13.1. The molecule has 8 nitrogen and oxygen atoms in total. The normalized spacial score (nSPS) is 14.9. The molecule has 37 heavy (non-hydrogen) atoms. The number of nitrogens with one attached hydrogen (secondary N) is 1. The number of carboxylic acid groups (broad SMARTS) is 1. The molecule has 0 bridgehead atoms. The first-order chi connectivity index (χ1) is 18.0. The lowest BCUT2D eigenvalue weighted by molar-refractivity contribution is -0.139. The van der Waals surface area contributed by atoms with Crippen molar-refractivity contribution < 1.29 is 23.8 Å². The van der Waals surface area contributed by atoms with Gasteiger partial charge in [0.05, 0.1) is 29.5 Å². The minimum absolute atomic E-state index is 0.163. The van der Waals surface area contributed by atoms with Gasteiger partial charge in [-0.05, 0) is 61.7 Å². The van der Waals surface area contributed by atoms with Crippen LogP contribution in [-0.2, 0) is 11.2 Å². The highest BCUT2D eigenvalue weighted by Crippen LogP contribution is 2.36. The lowest BCUT2D eigenvalue weighted by atomic mass is 9.95. The number of carbonyl (C=O) groups is 2. The van der Waals surface area contributed by atoms with Gasteiger partial charge in [0.1, 0.15) is 23.9 Å². The summed E-state index contributed by atoms with van der Waals surface area (Å²) in [6, 6.07) is 13.8. The molecular formula is C29H31N3O5. The van der Waals surface area contributed by atoms with Gasteiger partial charge in [-0.15, -0.1) is 0 Å². The number of rotatable bonds is 9. The van der Waals surface area contributed by atoms with Crippen molar-refractivity contribution in [3.05, 3.63) is 72.2 Å². The van der Waals surface area contributed by atoms with E-state index in [1.165, 1.54) is 19.3 Å². The molecular weight excluding hydrogens is 470 g/mol. The summed E-state index contributed by atoms with van der Waals surface area (Å²) in [6.45, 7) is 2.46. The number of amides is 1. The molecule has 1 amide bonds. The fourth-order valence-electron chi connectivity index (χ4n) is 5.11. The van der Waals surface area contributed by atoms with Crippen molar-refractivity contribution in [2.45, 2.75) is 57.5 Å². The molecule has 0 saturated heterocycles. The number of nitrogens with zero attached hydrogens (tertiary/aromatic N) is 2. The van der Waals surface area contributed by atoms with Gasteiger partial charge in [0.15, 0.2) is 0 Å². The van der Waals surface area contributed by atoms with Gasteiger partial charge in [-0.1, -0.05) is 31.4 Å². The average Bonchev–Trinajstić information content (AvgIpc) is 3.57. The van der Waals surface area contributed by atoms with E-state index in [2.05, 4.69) is 9.88 Å². The largest absolute Gasteiger partial charge is 0.494 e. The number of carbonyl (C=O) groups excluding carboxylic acids is 1. The maximum Gasteiger partial charge on any atom is 0.326 e. The Morgan fingerprint density at radius 3 is 2.59 bits per heavy atom. The number of imidazole rings is 1. The summed E-state index contributed by atoms with van der Waals surface area (Å²) in [5, 5.41) is 12.4. The van der Waals surface area contributed by atoms with E-state index in [-0.39, 0.29) is 6.42 Å². The number of aliphatic carboxylic acids is 1. The van der Waals surface area contributed by atoms with Crippen molar-refractivity contribution in [3.63, 3.8) is 0 Å². The van der Waals surface area contributed by atoms with Gasteiger partial charge in [0, 0.05) is 18.0 Å². The third-order valence-corrected chi connectivity index (χ3v) is 6.95. The molecule has 8 heteroatoms. The van der Waals surface area contributed by atoms with Crippen molar-refractivity contribution >= 4 is 22.9 Å². The zero-order valence-electron chi connectivity index (χ0n) is 20.9. The van der Waals surface area contributed by atoms with E-state index in [1.807, 2.05) is 31.2 Å². The van der Waals surface area contributed by atoms with Gasteiger partial charge < -0.3 is 24.1 Å². The smallest absolute Gasteiger partial charge is 0.326 e. The number of ether oxygens (including phenoxy) is 1. The molecule has 1 aliphatic rings. The second-order valence-corrected chi connectivity index (χ2v) is 9.46. The molecule has 0 aliphatic heterocycles. The number of benzene rings is 2. The fraction of sp³-hybridized carbons (Fsp3) is 0.345. The van der Waals surface area contributed by atoms with E-state index >= 15 is 0 Å². The summed E-state index contributed by atoms with van der Waals surface area (Å²) in [5.41, 5.74) is 3.73. The third kappa shape index (κ3) is 5.38. The molecule has 0 spiro atoms. The summed E-state index contributed by atoms with van der Waals surface area (Å²) in [6.07, 6.45) is 9.27. The molecule has 0 radical (unpaired) electrons. The van der Waals surface area contributed by atoms with Crippen molar-refractivity contribution in [1.82, 2.24) is 14.9 Å². The molecule has 2 heterocycles. The predicted molar refractivity (Wildman–Crippen MR) is 140 cm³/mol. The second-order valence-electron chi connectivity index (χ2n) is 9.46. The van der Waals surface area contributed by atoms with Gasteiger partial charge in [0.25, 0.3) is 5.91 Å². The topological polar surface area (TPSA) is 107 Å². The molecule has 2 N–H and O–H groups in total. The number of aromatic nitrogens is 2. The molecule has 1 atom stereocenters. The Morgan fingerprint density at radius 1 is 1.14 bits per heavy atom. The molecule has 2 aromatic carbocycles. The van der Waals surface area contributed by atoms with Gasteiger partial charge in [-0.2, -0.15) is 0 Å². The summed E-state index contributed by atoms with van der Waals surface area (Å²) in [7, 11) is 0. The standard InChI is InChI=1S/C29H31N3O5/c1-2-37-23-11-8-19(9-12-23)16-25(29(34)35)31-28(33)20-10-13-26-24(17-20)30-27(21-14-15-36-18-21)32(26)22-6-4-3-5-7-22/h8-15,17-18,22,25H,2-7,16H2,1H3,(H,31,33)(H,34,35)/t25-/m0/s1. The van der Waals surface area contributed by atoms with Crippen LogP contribution in [0.1, 0.15) is 61.0 Å². The summed E-state index contributed by atoms with van der Waals surface area (Å²) < 4.78 is 13.0. The van der Waals surface area contributed by atoms with E-state index in [0.717, 1.165) is 41.1 Å². The summed E-state index contributed by atoms with van der Waals surface area (Å²) >= 11 is 0. The Morgan fingerprint density at radius 2 is 1.92 bits per heavy atom. The van der Waals surface area contributed by atoms with Crippen LogP contribution in [0.5, 0.6) is 5.75 Å². The zero-order chi connectivity index (χ0) is 25.8. The Labute approximate surface area is 215 Å². The van der Waals surface area contributed by atoms with Gasteiger partial charge in [0.2, 0.25) is 0 Å². The Kier molecular flexibility index (Phi) is 7.25. The Bertz CT molecular complexity index is 1370. The van der Waals surface area contributed by atoms with Crippen molar-refractivity contribution in [3.8, 4) is 17.1 Å². The van der Waals surface area contributed by atoms with Crippen LogP contribution in [0.25, 0.3) is 22.4 Å². The van der Waals surface area contributed by atoms with Gasteiger partial charge in [-0.25, -0.2) is 9.78 Å². The number of carboxylic acids is 1. The molecule has 2 aromatic heterocycles. The fourth-order valence-corrected chi connectivity index (χ4v) is 5.11. The summed E-state index contributed by atoms with van der Waals surface area (Å²) in [5.74, 6) is 0.00878. The minimum atomic E-state index is -1.09. The Balaban J connectivity index is 1.39. The highest BCUT2D eigenvalue weighted by molar-refractivity contribution is 5.99. The minimum Gasteiger partial charge on any atom is -0.494 e. The van der Waals surface area contributed by atoms with Crippen LogP contribution in [0.2, 0.25) is 0 Å². The second kappa shape index (κ2) is 10.9. The lowest BCUT2D eigenvalue weighted by Gasteiger charge is -2.25. The van der Waals surface area contributed by atoms with Crippen LogP contribution in [0.4, 0.5) is 0 Å². The number of fused-ring (bicyclic) bond motifs is 1. The van der Waals surface area contributed by atoms with E-state index in [4.69, 9.17) is 14.1 Å². The summed E-state index contributed by atoms with van der Waals surface area (Å²) in [4.78, 5) is 29.9. The van der Waals surface area contributed by atoms with E-state index < -0.39 is 17.9 Å². The van der Waals surface area contributed by atoms with Gasteiger partial charge in [-0.3, -0.25) is 4.79 Å². The number of furan rings is 1. The van der Waals surface area contributed by atoms with Crippen LogP contribution in [-0.4, -0.2) is 39.2 Å². The zero-order valence-corrected chi connectivity index (χ0v) is 20.9. The lowest BCUT2D eigenvalue weighted by Crippen LogP contribution is -2.42. The first kappa shape index (κ1) is 24.6. The first-order valence-corrected chi connectivity index (χ1v) is 12.8. The van der Waals surface area contributed by atoms with Crippen LogP contribution in [0, 0.1) is 0 Å². The van der Waals surface area contributed by atoms with Gasteiger partial charge >= 0.3 is 5.97 Å². The van der Waals surface area contributed by atoms with Crippen molar-refractivity contribution in [2.75, 3.05) is 6.61 Å². The van der Waals surface area contributed by atoms with Crippen molar-refractivity contribution in [2.24, 2.45) is 0 Å². The van der Waals surface area contributed by atoms with Crippen LogP contribution in [0.15, 0.2) is 65.5 Å². The molecule has 0 unspecified atom stereocenters. The first-order valence-electron chi connectivity index (χ1n) is 12.8. The SMILES string of the molecule is CCOc1ccc(C[C@H](NC(=O)c2ccc3c(c2)nc(-c2ccoc2)n3C2CCCCC2)C(=O)O)cc1. The molecule has 1 fully saturated rings. The Hall–Kier alpha value is -4.07. The number of hydrogen-bond acceptors (Lipinski definition) is 5. The number of hydrogen-bond donors (Lipinski definition) is 2. The molecule has 1 saturated carbocycles. The highest BCUT2D eigenvalue weighted by atomic mass is 16.5. The molecule has 1 aliphatic carbocycles. The predicted octanol–water partition coefficient (Wildman–Crippen LogP) is 5.63. The molecule has 5 rings (SSSR count). The van der Waals surface area contributed by atoms with Crippen molar-refractivity contribution in [1.29, 1.82) is 0 Å². The van der Waals surface area contributed by atoms with E-state index in [1.54, 1.807) is 36.8 Å². The monoisotopic (exact) mass is 501 g/mol. The van der Waals surface area contributed by atoms with E-state index in [0.29, 0.717) is 23.7 Å². The molecule has 4 aromatic rings. The molecule has 192 valence electrons. The van der Waals surface area contributed by atoms with Crippen LogP contribution >= 0.6 is 0 Å². The highest BCUT2D eigenvalue weighted by Gasteiger charge is 2.25. The van der Waals surface area contributed by atoms with Crippen LogP contribution in [0.3, 0.4) is 0 Å². The third-order valence-electron chi connectivity index (χ3n) is 6.95.